The van der Waals surface area contributed by atoms with Crippen LogP contribution in [0.25, 0.3) is 22.8 Å². The smallest absolute Gasteiger partial charge is 0.261 e. The molecule has 0 unspecified atom stereocenters. The summed E-state index contributed by atoms with van der Waals surface area (Å²) >= 11 is 0. The number of hydrogen-bond acceptors (Lipinski definition) is 5. The van der Waals surface area contributed by atoms with Crippen LogP contribution in [-0.4, -0.2) is 20.3 Å². The molecule has 8 heteroatoms. The third kappa shape index (κ3) is 2.00. The van der Waals surface area contributed by atoms with Crippen molar-refractivity contribution in [2.75, 3.05) is 0 Å². The summed E-state index contributed by atoms with van der Waals surface area (Å²) in [6.45, 7) is 0. The SMILES string of the molecule is Fc1ccc(-c2nc(-c3ccnnc3)no2)c(F)c1F. The molecule has 3 rings (SSSR count). The zero-order chi connectivity index (χ0) is 14.1. The van der Waals surface area contributed by atoms with Crippen molar-refractivity contribution in [2.45, 2.75) is 0 Å². The maximum atomic E-state index is 13.6. The Morgan fingerprint density at radius 3 is 2.55 bits per heavy atom. The van der Waals surface area contributed by atoms with Gasteiger partial charge in [-0.05, 0) is 18.2 Å². The predicted octanol–water partition coefficient (Wildman–Crippen LogP) is 2.61. The molecule has 0 spiro atoms. The molecule has 2 heterocycles. The Balaban J connectivity index is 2.05. The van der Waals surface area contributed by atoms with Gasteiger partial charge in [-0.25, -0.2) is 13.2 Å². The molecule has 0 aliphatic heterocycles. The van der Waals surface area contributed by atoms with Gasteiger partial charge < -0.3 is 4.52 Å². The number of hydrogen-bond donors (Lipinski definition) is 0. The van der Waals surface area contributed by atoms with Crippen molar-refractivity contribution in [1.82, 2.24) is 20.3 Å². The van der Waals surface area contributed by atoms with Gasteiger partial charge in [0.2, 0.25) is 5.82 Å². The first kappa shape index (κ1) is 12.3. The highest BCUT2D eigenvalue weighted by atomic mass is 19.2. The largest absolute Gasteiger partial charge is 0.334 e. The van der Waals surface area contributed by atoms with Gasteiger partial charge in [0.05, 0.1) is 18.0 Å². The molecule has 3 aromatic rings. The van der Waals surface area contributed by atoms with E-state index in [0.717, 1.165) is 12.1 Å². The summed E-state index contributed by atoms with van der Waals surface area (Å²) < 4.78 is 44.4. The van der Waals surface area contributed by atoms with Crippen LogP contribution in [0.3, 0.4) is 0 Å². The zero-order valence-corrected chi connectivity index (χ0v) is 9.72. The lowest BCUT2D eigenvalue weighted by molar-refractivity contribution is 0.420. The maximum absolute atomic E-state index is 13.6. The van der Waals surface area contributed by atoms with E-state index in [4.69, 9.17) is 4.52 Å². The number of halogens is 3. The summed E-state index contributed by atoms with van der Waals surface area (Å²) in [5.74, 6) is -4.38. The second-order valence-electron chi connectivity index (χ2n) is 3.78. The Kier molecular flexibility index (Phi) is 2.90. The Bertz CT molecular complexity index is 761. The average Bonchev–Trinajstić information content (AvgIpc) is 2.95. The van der Waals surface area contributed by atoms with E-state index in [1.807, 2.05) is 0 Å². The number of nitrogens with zero attached hydrogens (tertiary/aromatic N) is 4. The van der Waals surface area contributed by atoms with E-state index in [-0.39, 0.29) is 17.3 Å². The fourth-order valence-electron chi connectivity index (χ4n) is 1.56. The first-order valence-electron chi connectivity index (χ1n) is 5.41. The maximum Gasteiger partial charge on any atom is 0.261 e. The van der Waals surface area contributed by atoms with Crippen LogP contribution in [0.1, 0.15) is 0 Å². The third-order valence-corrected chi connectivity index (χ3v) is 2.53. The highest BCUT2D eigenvalue weighted by Gasteiger charge is 2.19. The lowest BCUT2D eigenvalue weighted by atomic mass is 10.2. The lowest BCUT2D eigenvalue weighted by Gasteiger charge is -1.99. The van der Waals surface area contributed by atoms with Crippen LogP contribution in [0.5, 0.6) is 0 Å². The summed E-state index contributed by atoms with van der Waals surface area (Å²) in [5.41, 5.74) is 0.183. The van der Waals surface area contributed by atoms with Crippen molar-refractivity contribution in [2.24, 2.45) is 0 Å². The molecule has 0 aliphatic rings. The van der Waals surface area contributed by atoms with Crippen LogP contribution in [-0.2, 0) is 0 Å². The minimum Gasteiger partial charge on any atom is -0.334 e. The lowest BCUT2D eigenvalue weighted by Crippen LogP contribution is -1.94. The molecule has 0 atom stereocenters. The van der Waals surface area contributed by atoms with Crippen LogP contribution >= 0.6 is 0 Å². The molecule has 0 radical (unpaired) electrons. The van der Waals surface area contributed by atoms with E-state index >= 15 is 0 Å². The minimum absolute atomic E-state index is 0.138. The van der Waals surface area contributed by atoms with Crippen LogP contribution in [0, 0.1) is 17.5 Å². The highest BCUT2D eigenvalue weighted by molar-refractivity contribution is 5.59. The highest BCUT2D eigenvalue weighted by Crippen LogP contribution is 2.26. The molecule has 20 heavy (non-hydrogen) atoms. The van der Waals surface area contributed by atoms with E-state index in [2.05, 4.69) is 20.3 Å². The molecular formula is C12H5F3N4O. The first-order chi connectivity index (χ1) is 9.66. The van der Waals surface area contributed by atoms with Gasteiger partial charge in [-0.2, -0.15) is 15.2 Å². The van der Waals surface area contributed by atoms with Crippen molar-refractivity contribution in [1.29, 1.82) is 0 Å². The topological polar surface area (TPSA) is 64.7 Å². The van der Waals surface area contributed by atoms with Gasteiger partial charge in [-0.3, -0.25) is 0 Å². The van der Waals surface area contributed by atoms with E-state index in [0.29, 0.717) is 5.56 Å². The molecule has 0 aliphatic carbocycles. The Hall–Kier alpha value is -2.77. The molecule has 0 amide bonds. The van der Waals surface area contributed by atoms with Gasteiger partial charge >= 0.3 is 0 Å². The molecule has 0 N–H and O–H groups in total. The van der Waals surface area contributed by atoms with Crippen molar-refractivity contribution in [3.63, 3.8) is 0 Å². The van der Waals surface area contributed by atoms with Crippen molar-refractivity contribution < 1.29 is 17.7 Å². The van der Waals surface area contributed by atoms with Crippen molar-refractivity contribution >= 4 is 0 Å². The molecule has 0 bridgehead atoms. The second-order valence-corrected chi connectivity index (χ2v) is 3.78. The minimum atomic E-state index is -1.59. The molecular weight excluding hydrogens is 273 g/mol. The summed E-state index contributed by atoms with van der Waals surface area (Å²) in [6.07, 6.45) is 2.81. The molecule has 2 aromatic heterocycles. The Morgan fingerprint density at radius 1 is 0.950 bits per heavy atom. The van der Waals surface area contributed by atoms with E-state index in [9.17, 15) is 13.2 Å². The predicted molar refractivity (Wildman–Crippen MR) is 60.6 cm³/mol. The number of benzene rings is 1. The van der Waals surface area contributed by atoms with Crippen LogP contribution in [0.4, 0.5) is 13.2 Å². The fraction of sp³-hybridized carbons (Fsp3) is 0. The summed E-state index contributed by atoms with van der Waals surface area (Å²) in [4.78, 5) is 3.91. The quantitative estimate of drug-likeness (QED) is 0.674. The summed E-state index contributed by atoms with van der Waals surface area (Å²) in [7, 11) is 0. The Morgan fingerprint density at radius 2 is 1.80 bits per heavy atom. The van der Waals surface area contributed by atoms with E-state index in [1.165, 1.54) is 12.4 Å². The van der Waals surface area contributed by atoms with Gasteiger partial charge in [0.25, 0.3) is 5.89 Å². The third-order valence-electron chi connectivity index (χ3n) is 2.53. The van der Waals surface area contributed by atoms with E-state index < -0.39 is 17.5 Å². The average molecular weight is 278 g/mol. The molecule has 1 aromatic carbocycles. The Labute approximate surface area is 110 Å². The second kappa shape index (κ2) is 4.72. The van der Waals surface area contributed by atoms with Crippen molar-refractivity contribution in [3.05, 3.63) is 48.0 Å². The van der Waals surface area contributed by atoms with Gasteiger partial charge in [0.1, 0.15) is 0 Å². The van der Waals surface area contributed by atoms with Gasteiger partial charge in [0, 0.05) is 5.56 Å². The zero-order valence-electron chi connectivity index (χ0n) is 9.72. The normalized spacial score (nSPS) is 10.8. The van der Waals surface area contributed by atoms with Crippen LogP contribution < -0.4 is 0 Å². The number of aromatic nitrogens is 4. The van der Waals surface area contributed by atoms with Gasteiger partial charge in [-0.15, -0.1) is 0 Å². The van der Waals surface area contributed by atoms with Crippen LogP contribution in [0.2, 0.25) is 0 Å². The monoisotopic (exact) mass is 278 g/mol. The fourth-order valence-corrected chi connectivity index (χ4v) is 1.56. The number of rotatable bonds is 2. The summed E-state index contributed by atoms with van der Waals surface area (Å²) in [5, 5.41) is 10.8. The van der Waals surface area contributed by atoms with E-state index in [1.54, 1.807) is 6.07 Å². The summed E-state index contributed by atoms with van der Waals surface area (Å²) in [6, 6.07) is 3.38. The van der Waals surface area contributed by atoms with Gasteiger partial charge in [0.15, 0.2) is 17.5 Å². The first-order valence-corrected chi connectivity index (χ1v) is 5.41. The molecule has 100 valence electrons. The molecule has 5 nitrogen and oxygen atoms in total. The molecule has 0 saturated heterocycles. The van der Waals surface area contributed by atoms with Crippen molar-refractivity contribution in [3.8, 4) is 22.8 Å². The molecule has 0 saturated carbocycles. The molecule has 0 fully saturated rings. The standard InChI is InChI=1S/C12H5F3N4O/c13-8-2-1-7(9(14)10(8)15)12-18-11(19-20-12)6-3-4-16-17-5-6/h1-5H. The van der Waals surface area contributed by atoms with Gasteiger partial charge in [-0.1, -0.05) is 5.16 Å². The van der Waals surface area contributed by atoms with Crippen LogP contribution in [0.15, 0.2) is 35.1 Å².